The Morgan fingerprint density at radius 2 is 1.72 bits per heavy atom. The zero-order chi connectivity index (χ0) is 19.2. The molecule has 1 aliphatic heterocycles. The van der Waals surface area contributed by atoms with Crippen molar-refractivity contribution in [3.63, 3.8) is 0 Å². The minimum Gasteiger partial charge on any atom is -0.378 e. The Labute approximate surface area is 152 Å². The lowest BCUT2D eigenvalue weighted by atomic mass is 9.89. The van der Waals surface area contributed by atoms with Crippen LogP contribution in [-0.2, 0) is 24.3 Å². The number of sulfonamides is 1. The number of morpholine rings is 1. The summed E-state index contributed by atoms with van der Waals surface area (Å²) in [6.45, 7) is 12.4. The van der Waals surface area contributed by atoms with Gasteiger partial charge in [0, 0.05) is 25.6 Å². The molecule has 0 aromatic heterocycles. The van der Waals surface area contributed by atoms with Crippen molar-refractivity contribution in [2.24, 2.45) is 17.8 Å². The van der Waals surface area contributed by atoms with E-state index in [0.29, 0.717) is 32.2 Å². The first kappa shape index (κ1) is 22.3. The largest absolute Gasteiger partial charge is 0.378 e. The van der Waals surface area contributed by atoms with Crippen molar-refractivity contribution in [1.29, 1.82) is 0 Å². The average Bonchev–Trinajstić information content (AvgIpc) is 2.56. The first-order chi connectivity index (χ1) is 11.5. The molecule has 1 amide bonds. The number of carbonyl (C=O) groups excluding carboxylic acids is 1. The van der Waals surface area contributed by atoms with E-state index >= 15 is 0 Å². The van der Waals surface area contributed by atoms with Gasteiger partial charge in [-0.05, 0) is 18.8 Å². The molecule has 1 saturated heterocycles. The third kappa shape index (κ3) is 7.60. The highest BCUT2D eigenvalue weighted by Gasteiger charge is 2.33. The van der Waals surface area contributed by atoms with Crippen LogP contribution >= 0.6 is 0 Å². The maximum Gasteiger partial charge on any atom is 0.225 e. The van der Waals surface area contributed by atoms with Crippen molar-refractivity contribution in [3.8, 4) is 0 Å². The number of carbonyl (C=O) groups is 1. The number of hydrogen-bond acceptors (Lipinski definition) is 5. The topological polar surface area (TPSA) is 84.9 Å². The van der Waals surface area contributed by atoms with Crippen LogP contribution in [0.5, 0.6) is 0 Å². The van der Waals surface area contributed by atoms with E-state index in [1.54, 1.807) is 0 Å². The molecule has 148 valence electrons. The summed E-state index contributed by atoms with van der Waals surface area (Å²) in [6.07, 6.45) is 0.731. The van der Waals surface area contributed by atoms with Gasteiger partial charge in [-0.15, -0.1) is 0 Å². The fraction of sp³-hybridized carbons (Fsp3) is 0.941. The van der Waals surface area contributed by atoms with Gasteiger partial charge < -0.3 is 14.4 Å². The summed E-state index contributed by atoms with van der Waals surface area (Å²) in [6, 6.07) is 0. The number of amides is 1. The molecule has 4 atom stereocenters. The summed E-state index contributed by atoms with van der Waals surface area (Å²) in [5, 5.41) is 0. The summed E-state index contributed by atoms with van der Waals surface area (Å²) in [4.78, 5) is 14.6. The standard InChI is InChI=1S/C17H34N2O5S/c1-12(2)15(5)24-16(11-18-25(6,21)22)13(3)14(4)17(20)19-7-9-23-10-8-19/h12-16,18H,7-11H2,1-6H3. The molecule has 1 rings (SSSR count). The van der Waals surface area contributed by atoms with E-state index in [9.17, 15) is 13.2 Å². The number of nitrogens with one attached hydrogen (secondary N) is 1. The van der Waals surface area contributed by atoms with E-state index < -0.39 is 10.0 Å². The molecule has 1 heterocycles. The van der Waals surface area contributed by atoms with Crippen LogP contribution in [0, 0.1) is 17.8 Å². The quantitative estimate of drug-likeness (QED) is 0.649. The Morgan fingerprint density at radius 3 is 2.20 bits per heavy atom. The summed E-state index contributed by atoms with van der Waals surface area (Å²) in [5.41, 5.74) is 0. The van der Waals surface area contributed by atoms with Crippen molar-refractivity contribution < 1.29 is 22.7 Å². The predicted molar refractivity (Wildman–Crippen MR) is 97.7 cm³/mol. The van der Waals surface area contributed by atoms with E-state index in [1.165, 1.54) is 0 Å². The highest BCUT2D eigenvalue weighted by Crippen LogP contribution is 2.23. The van der Waals surface area contributed by atoms with Crippen LogP contribution in [0.2, 0.25) is 0 Å². The zero-order valence-electron chi connectivity index (χ0n) is 16.3. The molecule has 0 bridgehead atoms. The molecule has 1 N–H and O–H groups in total. The second-order valence-corrected chi connectivity index (χ2v) is 9.16. The maximum atomic E-state index is 12.7. The Kier molecular flexibility index (Phi) is 8.80. The van der Waals surface area contributed by atoms with Crippen molar-refractivity contribution in [1.82, 2.24) is 9.62 Å². The lowest BCUT2D eigenvalue weighted by molar-refractivity contribution is -0.144. The van der Waals surface area contributed by atoms with Crippen molar-refractivity contribution >= 4 is 15.9 Å². The molecule has 0 aromatic carbocycles. The molecular weight excluding hydrogens is 344 g/mol. The van der Waals surface area contributed by atoms with Gasteiger partial charge in [0.25, 0.3) is 0 Å². The molecule has 25 heavy (non-hydrogen) atoms. The van der Waals surface area contributed by atoms with E-state index in [1.807, 2.05) is 25.7 Å². The first-order valence-electron chi connectivity index (χ1n) is 8.99. The molecule has 0 aliphatic carbocycles. The van der Waals surface area contributed by atoms with Crippen LogP contribution in [0.1, 0.15) is 34.6 Å². The zero-order valence-corrected chi connectivity index (χ0v) is 17.1. The monoisotopic (exact) mass is 378 g/mol. The van der Waals surface area contributed by atoms with Gasteiger partial charge >= 0.3 is 0 Å². The van der Waals surface area contributed by atoms with Crippen molar-refractivity contribution in [2.75, 3.05) is 39.1 Å². The van der Waals surface area contributed by atoms with Crippen LogP contribution in [0.15, 0.2) is 0 Å². The normalized spacial score (nSPS) is 21.0. The van der Waals surface area contributed by atoms with Gasteiger partial charge in [0.05, 0.1) is 31.7 Å². The molecule has 8 heteroatoms. The van der Waals surface area contributed by atoms with Crippen molar-refractivity contribution in [3.05, 3.63) is 0 Å². The van der Waals surface area contributed by atoms with Crippen LogP contribution < -0.4 is 4.72 Å². The second-order valence-electron chi connectivity index (χ2n) is 7.33. The Bertz CT molecular complexity index is 517. The van der Waals surface area contributed by atoms with Gasteiger partial charge in [0.2, 0.25) is 15.9 Å². The molecule has 7 nitrogen and oxygen atoms in total. The lowest BCUT2D eigenvalue weighted by Crippen LogP contribution is -2.48. The van der Waals surface area contributed by atoms with Gasteiger partial charge in [-0.2, -0.15) is 0 Å². The highest BCUT2D eigenvalue weighted by molar-refractivity contribution is 7.88. The van der Waals surface area contributed by atoms with Gasteiger partial charge in [-0.3, -0.25) is 4.79 Å². The molecule has 4 unspecified atom stereocenters. The molecule has 0 radical (unpaired) electrons. The molecule has 0 aromatic rings. The number of ether oxygens (including phenoxy) is 2. The smallest absolute Gasteiger partial charge is 0.225 e. The predicted octanol–water partition coefficient (Wildman–Crippen LogP) is 1.10. The van der Waals surface area contributed by atoms with E-state index in [4.69, 9.17) is 9.47 Å². The van der Waals surface area contributed by atoms with E-state index in [0.717, 1.165) is 6.26 Å². The molecular formula is C17H34N2O5S. The van der Waals surface area contributed by atoms with Gasteiger partial charge in [-0.1, -0.05) is 27.7 Å². The minimum atomic E-state index is -3.32. The van der Waals surface area contributed by atoms with Crippen LogP contribution in [0.3, 0.4) is 0 Å². The number of nitrogens with zero attached hydrogens (tertiary/aromatic N) is 1. The van der Waals surface area contributed by atoms with E-state index in [2.05, 4.69) is 18.6 Å². The fourth-order valence-electron chi connectivity index (χ4n) is 2.64. The Hall–Kier alpha value is -0.700. The molecule has 0 saturated carbocycles. The Morgan fingerprint density at radius 1 is 1.16 bits per heavy atom. The highest BCUT2D eigenvalue weighted by atomic mass is 32.2. The number of hydrogen-bond donors (Lipinski definition) is 1. The summed E-state index contributed by atoms with van der Waals surface area (Å²) in [7, 11) is -3.32. The fourth-order valence-corrected chi connectivity index (χ4v) is 3.11. The molecule has 1 fully saturated rings. The van der Waals surface area contributed by atoms with Gasteiger partial charge in [-0.25, -0.2) is 13.1 Å². The van der Waals surface area contributed by atoms with Gasteiger partial charge in [0.1, 0.15) is 0 Å². The first-order valence-corrected chi connectivity index (χ1v) is 10.9. The van der Waals surface area contributed by atoms with E-state index in [-0.39, 0.29) is 36.5 Å². The van der Waals surface area contributed by atoms with Crippen LogP contribution in [0.25, 0.3) is 0 Å². The summed E-state index contributed by atoms with van der Waals surface area (Å²) in [5.74, 6) is -0.00578. The SMILES string of the molecule is CC(C)C(C)OC(CNS(C)(=O)=O)C(C)C(C)C(=O)N1CCOCC1. The minimum absolute atomic E-state index is 0.0282. The third-order valence-electron chi connectivity index (χ3n) is 4.96. The lowest BCUT2D eigenvalue weighted by Gasteiger charge is -2.35. The van der Waals surface area contributed by atoms with Crippen LogP contribution in [0.4, 0.5) is 0 Å². The maximum absolute atomic E-state index is 12.7. The molecule has 0 spiro atoms. The third-order valence-corrected chi connectivity index (χ3v) is 5.65. The second kappa shape index (κ2) is 9.85. The average molecular weight is 379 g/mol. The van der Waals surface area contributed by atoms with Gasteiger partial charge in [0.15, 0.2) is 0 Å². The van der Waals surface area contributed by atoms with Crippen molar-refractivity contribution in [2.45, 2.75) is 46.8 Å². The van der Waals surface area contributed by atoms with Crippen LogP contribution in [-0.4, -0.2) is 70.5 Å². The number of rotatable bonds is 9. The molecule has 1 aliphatic rings. The Balaban J connectivity index is 2.80. The summed E-state index contributed by atoms with van der Waals surface area (Å²) < 4.78 is 36.9. The summed E-state index contributed by atoms with van der Waals surface area (Å²) >= 11 is 0.